The van der Waals surface area contributed by atoms with Gasteiger partial charge in [0.2, 0.25) is 0 Å². The fraction of sp³-hybridized carbons (Fsp3) is 0.111. The second kappa shape index (κ2) is 6.10. The highest BCUT2D eigenvalue weighted by Gasteiger charge is 2.05. The molecule has 0 saturated heterocycles. The molecule has 3 heterocycles. The molecule has 1 aromatic carbocycles. The van der Waals surface area contributed by atoms with Gasteiger partial charge in [-0.15, -0.1) is 0 Å². The molecule has 0 spiro atoms. The number of hydrogen-bond acceptors (Lipinski definition) is 5. The lowest BCUT2D eigenvalue weighted by Gasteiger charge is -1.99. The van der Waals surface area contributed by atoms with Gasteiger partial charge in [0.25, 0.3) is 0 Å². The van der Waals surface area contributed by atoms with Crippen LogP contribution in [0.4, 0.5) is 0 Å². The lowest BCUT2D eigenvalue weighted by molar-refractivity contribution is 0.768. The fourth-order valence-electron chi connectivity index (χ4n) is 2.59. The monoisotopic (exact) mass is 349 g/mol. The molecule has 4 rings (SSSR count). The molecule has 0 aliphatic heterocycles. The molecule has 25 heavy (non-hydrogen) atoms. The second-order valence-corrected chi connectivity index (χ2v) is 6.68. The zero-order valence-electron chi connectivity index (χ0n) is 13.7. The largest absolute Gasteiger partial charge is 0.307 e. The predicted octanol–water partition coefficient (Wildman–Crippen LogP) is 2.96. The molecule has 7 heteroatoms. The highest BCUT2D eigenvalue weighted by Crippen LogP contribution is 2.20. The average molecular weight is 349 g/mol. The summed E-state index contributed by atoms with van der Waals surface area (Å²) in [5.74, 6) is 0.627. The minimum atomic E-state index is 0.0450. The molecule has 0 N–H and O–H groups in total. The molecule has 0 unspecified atom stereocenters. The van der Waals surface area contributed by atoms with Crippen LogP contribution in [-0.4, -0.2) is 24.3 Å². The summed E-state index contributed by atoms with van der Waals surface area (Å²) in [6.45, 7) is 0. The Balaban J connectivity index is 1.64. The first-order valence-electron chi connectivity index (χ1n) is 7.70. The van der Waals surface area contributed by atoms with Gasteiger partial charge in [-0.05, 0) is 29.8 Å². The van der Waals surface area contributed by atoms with Crippen molar-refractivity contribution in [2.75, 3.05) is 0 Å². The molecule has 6 nitrogen and oxygen atoms in total. The number of nitrogens with zero attached hydrogens (tertiary/aromatic N) is 5. The van der Waals surface area contributed by atoms with Gasteiger partial charge in [0.1, 0.15) is 0 Å². The summed E-state index contributed by atoms with van der Waals surface area (Å²) >= 11 is 1.25. The molecule has 4 aromatic rings. The Kier molecular flexibility index (Phi) is 3.77. The number of rotatable bonds is 3. The summed E-state index contributed by atoms with van der Waals surface area (Å²) in [7, 11) is 3.66. The zero-order valence-corrected chi connectivity index (χ0v) is 14.6. The maximum Gasteiger partial charge on any atom is 0.307 e. The Morgan fingerprint density at radius 3 is 2.84 bits per heavy atom. The smallest absolute Gasteiger partial charge is 0.302 e. The summed E-state index contributed by atoms with van der Waals surface area (Å²) in [5.41, 5.74) is 3.74. The molecular formula is C18H15N5OS. The van der Waals surface area contributed by atoms with Gasteiger partial charge in [-0.2, -0.15) is 5.10 Å². The lowest BCUT2D eigenvalue weighted by Crippen LogP contribution is -2.06. The van der Waals surface area contributed by atoms with E-state index in [9.17, 15) is 4.79 Å². The van der Waals surface area contributed by atoms with Crippen LogP contribution in [0, 0.1) is 0 Å². The van der Waals surface area contributed by atoms with E-state index in [2.05, 4.69) is 15.1 Å². The van der Waals surface area contributed by atoms with E-state index in [1.807, 2.05) is 49.7 Å². The van der Waals surface area contributed by atoms with Crippen LogP contribution in [0.25, 0.3) is 33.6 Å². The van der Waals surface area contributed by atoms with Crippen molar-refractivity contribution in [1.82, 2.24) is 24.3 Å². The van der Waals surface area contributed by atoms with Crippen molar-refractivity contribution in [2.45, 2.75) is 0 Å². The third-order valence-corrected chi connectivity index (χ3v) is 4.91. The van der Waals surface area contributed by atoms with Crippen LogP contribution < -0.4 is 4.87 Å². The highest BCUT2D eigenvalue weighted by atomic mass is 32.1. The van der Waals surface area contributed by atoms with Crippen LogP contribution in [0.2, 0.25) is 0 Å². The first-order valence-corrected chi connectivity index (χ1v) is 8.51. The van der Waals surface area contributed by atoms with E-state index in [0.717, 1.165) is 27.0 Å². The van der Waals surface area contributed by atoms with Gasteiger partial charge in [-0.25, -0.2) is 9.97 Å². The maximum absolute atomic E-state index is 11.7. The molecular weight excluding hydrogens is 334 g/mol. The molecule has 0 saturated carbocycles. The highest BCUT2D eigenvalue weighted by molar-refractivity contribution is 7.16. The third-order valence-electron chi connectivity index (χ3n) is 3.92. The van der Waals surface area contributed by atoms with Gasteiger partial charge in [-0.3, -0.25) is 9.48 Å². The van der Waals surface area contributed by atoms with E-state index in [4.69, 9.17) is 0 Å². The van der Waals surface area contributed by atoms with Crippen LogP contribution in [0.15, 0.2) is 47.7 Å². The minimum absolute atomic E-state index is 0.0450. The molecule has 0 radical (unpaired) electrons. The minimum Gasteiger partial charge on any atom is -0.302 e. The maximum atomic E-state index is 11.7. The quantitative estimate of drug-likeness (QED) is 0.570. The number of fused-ring (bicyclic) bond motifs is 1. The fourth-order valence-corrected chi connectivity index (χ4v) is 3.52. The number of benzene rings is 1. The molecule has 0 atom stereocenters. The Hall–Kier alpha value is -3.06. The van der Waals surface area contributed by atoms with E-state index in [0.29, 0.717) is 5.82 Å². The predicted molar refractivity (Wildman–Crippen MR) is 100 cm³/mol. The first kappa shape index (κ1) is 15.5. The number of aryl methyl sites for hydroxylation is 2. The van der Waals surface area contributed by atoms with Crippen molar-refractivity contribution in [1.29, 1.82) is 0 Å². The third kappa shape index (κ3) is 3.01. The van der Waals surface area contributed by atoms with Crippen molar-refractivity contribution in [3.63, 3.8) is 0 Å². The van der Waals surface area contributed by atoms with Crippen LogP contribution in [0.5, 0.6) is 0 Å². The van der Waals surface area contributed by atoms with Gasteiger partial charge in [0.15, 0.2) is 5.82 Å². The Labute approximate surface area is 147 Å². The van der Waals surface area contributed by atoms with Crippen molar-refractivity contribution >= 4 is 33.7 Å². The molecule has 0 aliphatic carbocycles. The molecule has 0 aliphatic rings. The normalized spacial score (nSPS) is 11.6. The first-order chi connectivity index (χ1) is 12.1. The van der Waals surface area contributed by atoms with E-state index in [1.165, 1.54) is 11.3 Å². The van der Waals surface area contributed by atoms with Crippen LogP contribution in [0.1, 0.15) is 11.4 Å². The van der Waals surface area contributed by atoms with Crippen LogP contribution >= 0.6 is 11.3 Å². The molecule has 0 bridgehead atoms. The molecule has 0 amide bonds. The lowest BCUT2D eigenvalue weighted by atomic mass is 10.2. The molecule has 124 valence electrons. The number of aromatic nitrogens is 5. The molecule has 3 aromatic heterocycles. The zero-order chi connectivity index (χ0) is 17.4. The summed E-state index contributed by atoms with van der Waals surface area (Å²) in [5, 5.41) is 4.17. The van der Waals surface area contributed by atoms with Crippen LogP contribution in [0.3, 0.4) is 0 Å². The Bertz CT molecular complexity index is 1150. The van der Waals surface area contributed by atoms with E-state index < -0.39 is 0 Å². The number of hydrogen-bond donors (Lipinski definition) is 0. The van der Waals surface area contributed by atoms with E-state index >= 15 is 0 Å². The summed E-state index contributed by atoms with van der Waals surface area (Å²) in [6.07, 6.45) is 9.25. The van der Waals surface area contributed by atoms with Crippen LogP contribution in [-0.2, 0) is 14.1 Å². The Morgan fingerprint density at radius 2 is 2.04 bits per heavy atom. The van der Waals surface area contributed by atoms with Crippen molar-refractivity contribution in [2.24, 2.45) is 14.1 Å². The topological polar surface area (TPSA) is 65.6 Å². The van der Waals surface area contributed by atoms with Gasteiger partial charge in [-0.1, -0.05) is 23.5 Å². The van der Waals surface area contributed by atoms with Crippen molar-refractivity contribution in [3.05, 3.63) is 63.9 Å². The van der Waals surface area contributed by atoms with Gasteiger partial charge < -0.3 is 4.57 Å². The van der Waals surface area contributed by atoms with Gasteiger partial charge in [0, 0.05) is 32.1 Å². The number of thiazole rings is 1. The molecule has 0 fully saturated rings. The van der Waals surface area contributed by atoms with Gasteiger partial charge >= 0.3 is 4.87 Å². The summed E-state index contributed by atoms with van der Waals surface area (Å²) in [4.78, 5) is 20.6. The standard InChI is InChI=1S/C18H15N5OS/c1-22-11-13(10-20-22)14-7-8-19-17(21-14)6-4-12-3-5-15-16(9-12)25-18(24)23(15)2/h3-11H,1-2H3. The van der Waals surface area contributed by atoms with E-state index in [-0.39, 0.29) is 4.87 Å². The van der Waals surface area contributed by atoms with E-state index in [1.54, 1.807) is 28.7 Å². The second-order valence-electron chi connectivity index (χ2n) is 5.69. The van der Waals surface area contributed by atoms with Crippen molar-refractivity contribution < 1.29 is 0 Å². The van der Waals surface area contributed by atoms with Crippen molar-refractivity contribution in [3.8, 4) is 11.3 Å². The average Bonchev–Trinajstić information content (AvgIpc) is 3.17. The summed E-state index contributed by atoms with van der Waals surface area (Å²) < 4.78 is 4.38. The summed E-state index contributed by atoms with van der Waals surface area (Å²) in [6, 6.07) is 7.81. The Morgan fingerprint density at radius 1 is 1.16 bits per heavy atom. The SMILES string of the molecule is Cn1cc(-c2ccnc(C=Cc3ccc4c(c3)sc(=O)n4C)n2)cn1. The van der Waals surface area contributed by atoms with Gasteiger partial charge in [0.05, 0.1) is 22.1 Å².